The van der Waals surface area contributed by atoms with E-state index >= 15 is 0 Å². The lowest BCUT2D eigenvalue weighted by molar-refractivity contribution is 0.620. The molecule has 0 aliphatic carbocycles. The molecule has 16 heavy (non-hydrogen) atoms. The molecule has 0 spiro atoms. The number of rotatable bonds is 3. The molecule has 0 aromatic carbocycles. The molecule has 0 fully saturated rings. The Balaban J connectivity index is 2.38. The summed E-state index contributed by atoms with van der Waals surface area (Å²) in [4.78, 5) is 4.46. The first-order valence-corrected chi connectivity index (χ1v) is 5.67. The molecule has 1 unspecified atom stereocenters. The van der Waals surface area contributed by atoms with Crippen LogP contribution >= 0.6 is 0 Å². The monoisotopic (exact) mass is 218 g/mol. The SMILES string of the molecule is CC(C)Cc1nc2ccc(C(C)N)cn2n1. The van der Waals surface area contributed by atoms with Crippen molar-refractivity contribution in [3.8, 4) is 0 Å². The number of fused-ring (bicyclic) bond motifs is 1. The van der Waals surface area contributed by atoms with Crippen molar-refractivity contribution < 1.29 is 0 Å². The van der Waals surface area contributed by atoms with Gasteiger partial charge >= 0.3 is 0 Å². The average molecular weight is 218 g/mol. The highest BCUT2D eigenvalue weighted by atomic mass is 15.3. The van der Waals surface area contributed by atoms with Gasteiger partial charge in [-0.05, 0) is 24.5 Å². The number of nitrogens with two attached hydrogens (primary N) is 1. The van der Waals surface area contributed by atoms with Crippen molar-refractivity contribution >= 4 is 5.65 Å². The summed E-state index contributed by atoms with van der Waals surface area (Å²) in [6, 6.07) is 4.01. The number of aromatic nitrogens is 3. The zero-order chi connectivity index (χ0) is 11.7. The fourth-order valence-electron chi connectivity index (χ4n) is 1.67. The molecular formula is C12H18N4. The first-order chi connectivity index (χ1) is 7.56. The van der Waals surface area contributed by atoms with Crippen molar-refractivity contribution in [3.05, 3.63) is 29.7 Å². The molecular weight excluding hydrogens is 200 g/mol. The molecule has 2 aromatic rings. The minimum atomic E-state index is 0.0298. The molecule has 2 N–H and O–H groups in total. The number of hydrogen-bond donors (Lipinski definition) is 1. The lowest BCUT2D eigenvalue weighted by Gasteiger charge is -2.04. The maximum Gasteiger partial charge on any atom is 0.155 e. The maximum atomic E-state index is 5.83. The van der Waals surface area contributed by atoms with Crippen LogP contribution in [-0.4, -0.2) is 14.6 Å². The predicted octanol–water partition coefficient (Wildman–Crippen LogP) is 1.95. The number of nitrogens with zero attached hydrogens (tertiary/aromatic N) is 3. The third-order valence-corrected chi connectivity index (χ3v) is 2.51. The van der Waals surface area contributed by atoms with Crippen LogP contribution in [0.5, 0.6) is 0 Å². The molecule has 86 valence electrons. The molecule has 4 heteroatoms. The molecule has 0 bridgehead atoms. The first-order valence-electron chi connectivity index (χ1n) is 5.67. The van der Waals surface area contributed by atoms with E-state index in [0.29, 0.717) is 5.92 Å². The summed E-state index contributed by atoms with van der Waals surface area (Å²) >= 11 is 0. The number of hydrogen-bond acceptors (Lipinski definition) is 3. The Kier molecular flexibility index (Phi) is 2.92. The van der Waals surface area contributed by atoms with Crippen molar-refractivity contribution in [2.75, 3.05) is 0 Å². The molecule has 0 saturated carbocycles. The Labute approximate surface area is 95.5 Å². The molecule has 4 nitrogen and oxygen atoms in total. The minimum absolute atomic E-state index is 0.0298. The van der Waals surface area contributed by atoms with Crippen molar-refractivity contribution in [2.45, 2.75) is 33.2 Å². The average Bonchev–Trinajstić information content (AvgIpc) is 2.56. The molecule has 0 aliphatic heterocycles. The predicted molar refractivity (Wildman–Crippen MR) is 64.1 cm³/mol. The van der Waals surface area contributed by atoms with Gasteiger partial charge < -0.3 is 5.73 Å². The van der Waals surface area contributed by atoms with E-state index in [2.05, 4.69) is 23.9 Å². The van der Waals surface area contributed by atoms with Gasteiger partial charge in [0.2, 0.25) is 0 Å². The third kappa shape index (κ3) is 2.22. The van der Waals surface area contributed by atoms with E-state index in [9.17, 15) is 0 Å². The summed E-state index contributed by atoms with van der Waals surface area (Å²) in [5.74, 6) is 1.47. The van der Waals surface area contributed by atoms with Gasteiger partial charge in [-0.1, -0.05) is 19.9 Å². The summed E-state index contributed by atoms with van der Waals surface area (Å²) < 4.78 is 1.82. The van der Waals surface area contributed by atoms with E-state index in [-0.39, 0.29) is 6.04 Å². The Hall–Kier alpha value is -1.42. The molecule has 1 atom stereocenters. The van der Waals surface area contributed by atoms with Crippen molar-refractivity contribution in [2.24, 2.45) is 11.7 Å². The van der Waals surface area contributed by atoms with Crippen molar-refractivity contribution in [1.29, 1.82) is 0 Å². The van der Waals surface area contributed by atoms with Crippen molar-refractivity contribution in [1.82, 2.24) is 14.6 Å². The summed E-state index contributed by atoms with van der Waals surface area (Å²) in [5, 5.41) is 4.45. The Morgan fingerprint density at radius 2 is 2.06 bits per heavy atom. The fourth-order valence-corrected chi connectivity index (χ4v) is 1.67. The zero-order valence-corrected chi connectivity index (χ0v) is 10.0. The van der Waals surface area contributed by atoms with Gasteiger partial charge in [0.1, 0.15) is 0 Å². The Morgan fingerprint density at radius 3 is 2.69 bits per heavy atom. The van der Waals surface area contributed by atoms with Crippen LogP contribution in [0.1, 0.15) is 38.2 Å². The van der Waals surface area contributed by atoms with Gasteiger partial charge in [-0.2, -0.15) is 5.10 Å². The van der Waals surface area contributed by atoms with Gasteiger partial charge in [-0.25, -0.2) is 9.50 Å². The molecule has 0 amide bonds. The van der Waals surface area contributed by atoms with Gasteiger partial charge in [-0.15, -0.1) is 0 Å². The highest BCUT2D eigenvalue weighted by Crippen LogP contribution is 2.12. The summed E-state index contributed by atoms with van der Waals surface area (Å²) in [5.41, 5.74) is 7.80. The fraction of sp³-hybridized carbons (Fsp3) is 0.500. The molecule has 2 rings (SSSR count). The topological polar surface area (TPSA) is 56.2 Å². The third-order valence-electron chi connectivity index (χ3n) is 2.51. The summed E-state index contributed by atoms with van der Waals surface area (Å²) in [6.45, 7) is 6.30. The Bertz CT molecular complexity index is 485. The summed E-state index contributed by atoms with van der Waals surface area (Å²) in [6.07, 6.45) is 2.87. The lowest BCUT2D eigenvalue weighted by atomic mass is 10.1. The van der Waals surface area contributed by atoms with Gasteiger partial charge in [-0.3, -0.25) is 0 Å². The van der Waals surface area contributed by atoms with Crippen LogP contribution in [0.15, 0.2) is 18.3 Å². The molecule has 2 aromatic heterocycles. The van der Waals surface area contributed by atoms with Crippen LogP contribution in [0.25, 0.3) is 5.65 Å². The van der Waals surface area contributed by atoms with E-state index in [4.69, 9.17) is 5.73 Å². The summed E-state index contributed by atoms with van der Waals surface area (Å²) in [7, 11) is 0. The second-order valence-corrected chi connectivity index (χ2v) is 4.68. The van der Waals surface area contributed by atoms with Gasteiger partial charge in [0.25, 0.3) is 0 Å². The lowest BCUT2D eigenvalue weighted by Crippen LogP contribution is -2.06. The first kappa shape index (κ1) is 11.1. The van der Waals surface area contributed by atoms with E-state index in [1.807, 2.05) is 29.8 Å². The highest BCUT2D eigenvalue weighted by Gasteiger charge is 2.07. The standard InChI is InChI=1S/C12H18N4/c1-8(2)6-11-14-12-5-4-10(9(3)13)7-16(12)15-11/h4-5,7-9H,6,13H2,1-3H3. The van der Waals surface area contributed by atoms with Crippen LogP contribution in [0, 0.1) is 5.92 Å². The molecule has 0 radical (unpaired) electrons. The zero-order valence-electron chi connectivity index (χ0n) is 10.0. The van der Waals surface area contributed by atoms with Gasteiger partial charge in [0.05, 0.1) is 0 Å². The smallest absolute Gasteiger partial charge is 0.155 e. The normalized spacial score (nSPS) is 13.6. The largest absolute Gasteiger partial charge is 0.324 e. The van der Waals surface area contributed by atoms with Crippen LogP contribution < -0.4 is 5.73 Å². The van der Waals surface area contributed by atoms with E-state index in [1.54, 1.807) is 0 Å². The molecule has 0 saturated heterocycles. The molecule has 0 aliphatic rings. The quantitative estimate of drug-likeness (QED) is 0.856. The van der Waals surface area contributed by atoms with Crippen LogP contribution in [0.4, 0.5) is 0 Å². The highest BCUT2D eigenvalue weighted by molar-refractivity contribution is 5.39. The van der Waals surface area contributed by atoms with Gasteiger partial charge in [0.15, 0.2) is 11.5 Å². The van der Waals surface area contributed by atoms with Crippen LogP contribution in [-0.2, 0) is 6.42 Å². The second-order valence-electron chi connectivity index (χ2n) is 4.68. The van der Waals surface area contributed by atoms with E-state index in [1.165, 1.54) is 0 Å². The maximum absolute atomic E-state index is 5.83. The van der Waals surface area contributed by atoms with E-state index in [0.717, 1.165) is 23.5 Å². The second kappa shape index (κ2) is 4.22. The van der Waals surface area contributed by atoms with Crippen LogP contribution in [0.2, 0.25) is 0 Å². The molecule has 2 heterocycles. The minimum Gasteiger partial charge on any atom is -0.324 e. The van der Waals surface area contributed by atoms with Gasteiger partial charge in [0, 0.05) is 18.7 Å². The van der Waals surface area contributed by atoms with Crippen LogP contribution in [0.3, 0.4) is 0 Å². The number of pyridine rings is 1. The van der Waals surface area contributed by atoms with E-state index < -0.39 is 0 Å². The Morgan fingerprint density at radius 1 is 1.31 bits per heavy atom. The van der Waals surface area contributed by atoms with Crippen molar-refractivity contribution in [3.63, 3.8) is 0 Å².